The van der Waals surface area contributed by atoms with E-state index in [1.165, 1.54) is 30.1 Å². The van der Waals surface area contributed by atoms with Crippen molar-refractivity contribution in [2.24, 2.45) is 5.10 Å². The van der Waals surface area contributed by atoms with Crippen molar-refractivity contribution in [2.45, 2.75) is 30.4 Å². The summed E-state index contributed by atoms with van der Waals surface area (Å²) < 4.78 is 14.8. The molecular weight excluding hydrogens is 451 g/mol. The molecule has 0 fully saturated rings. The van der Waals surface area contributed by atoms with Crippen LogP contribution in [0, 0.1) is 5.82 Å². The molecule has 2 N–H and O–H groups in total. The van der Waals surface area contributed by atoms with Crippen molar-refractivity contribution in [2.75, 3.05) is 5.32 Å². The number of nitrogens with zero attached hydrogens (tertiary/aromatic N) is 4. The number of hydrogen-bond acceptors (Lipinski definition) is 6. The summed E-state index contributed by atoms with van der Waals surface area (Å²) >= 11 is 7.19. The van der Waals surface area contributed by atoms with Crippen LogP contribution in [0.1, 0.15) is 18.3 Å². The predicted octanol–water partition coefficient (Wildman–Crippen LogP) is 4.50. The molecule has 0 radical (unpaired) electrons. The molecule has 0 spiro atoms. The van der Waals surface area contributed by atoms with Gasteiger partial charge in [0.1, 0.15) is 5.82 Å². The van der Waals surface area contributed by atoms with Crippen LogP contribution in [0.2, 0.25) is 5.02 Å². The van der Waals surface area contributed by atoms with E-state index in [0.29, 0.717) is 34.7 Å². The van der Waals surface area contributed by atoms with E-state index in [1.54, 1.807) is 37.3 Å². The van der Waals surface area contributed by atoms with Crippen molar-refractivity contribution in [1.82, 2.24) is 20.2 Å². The normalized spacial score (nSPS) is 12.0. The number of rotatable bonds is 10. The summed E-state index contributed by atoms with van der Waals surface area (Å²) in [6, 6.07) is 13.2. The number of thioether (sulfide) groups is 1. The monoisotopic (exact) mass is 472 g/mol. The van der Waals surface area contributed by atoms with Crippen molar-refractivity contribution < 1.29 is 9.18 Å². The molecule has 3 rings (SSSR count). The van der Waals surface area contributed by atoms with Crippen LogP contribution in [0.15, 0.2) is 71.4 Å². The Morgan fingerprint density at radius 2 is 1.97 bits per heavy atom. The van der Waals surface area contributed by atoms with Gasteiger partial charge >= 0.3 is 0 Å². The standard InChI is InChI=1S/C22H22ClFN6OS/c1-3-12-30-20(14-25-19-10-6-17(23)7-11-19)27-29-22(30)32-15(2)21(31)28-26-13-16-4-8-18(24)9-5-16/h3-11,13,15,25H,1,12,14H2,2H3,(H,28,31)/t15-/m1/s1. The number of halogens is 2. The number of nitrogens with one attached hydrogen (secondary N) is 2. The highest BCUT2D eigenvalue weighted by Crippen LogP contribution is 2.23. The molecule has 0 unspecified atom stereocenters. The third kappa shape index (κ3) is 6.66. The molecule has 3 aromatic rings. The maximum Gasteiger partial charge on any atom is 0.253 e. The lowest BCUT2D eigenvalue weighted by atomic mass is 10.2. The van der Waals surface area contributed by atoms with Gasteiger partial charge in [-0.3, -0.25) is 4.79 Å². The Morgan fingerprint density at radius 3 is 2.66 bits per heavy atom. The molecule has 1 atom stereocenters. The number of amides is 1. The molecule has 0 saturated heterocycles. The second-order valence-electron chi connectivity index (χ2n) is 6.70. The van der Waals surface area contributed by atoms with Gasteiger partial charge in [0.05, 0.1) is 18.0 Å². The summed E-state index contributed by atoms with van der Waals surface area (Å²) in [4.78, 5) is 12.4. The van der Waals surface area contributed by atoms with Gasteiger partial charge in [-0.2, -0.15) is 5.10 Å². The predicted molar refractivity (Wildman–Crippen MR) is 126 cm³/mol. The first-order valence-corrected chi connectivity index (χ1v) is 11.0. The summed E-state index contributed by atoms with van der Waals surface area (Å²) in [5.41, 5.74) is 4.07. The van der Waals surface area contributed by atoms with E-state index >= 15 is 0 Å². The first-order chi connectivity index (χ1) is 15.5. The van der Waals surface area contributed by atoms with Crippen LogP contribution in [-0.2, 0) is 17.9 Å². The summed E-state index contributed by atoms with van der Waals surface area (Å²) in [5.74, 6) is 0.0919. The van der Waals surface area contributed by atoms with Crippen LogP contribution in [0.3, 0.4) is 0 Å². The third-order valence-electron chi connectivity index (χ3n) is 4.31. The minimum atomic E-state index is -0.467. The lowest BCUT2D eigenvalue weighted by Crippen LogP contribution is -2.27. The molecule has 0 aliphatic carbocycles. The minimum absolute atomic E-state index is 0.289. The Bertz CT molecular complexity index is 1080. The van der Waals surface area contributed by atoms with Gasteiger partial charge in [-0.05, 0) is 48.9 Å². The molecule has 1 heterocycles. The Morgan fingerprint density at radius 1 is 1.25 bits per heavy atom. The molecule has 10 heteroatoms. The lowest BCUT2D eigenvalue weighted by Gasteiger charge is -2.12. The van der Waals surface area contributed by atoms with Crippen LogP contribution in [-0.4, -0.2) is 32.1 Å². The molecule has 166 valence electrons. The van der Waals surface area contributed by atoms with E-state index in [0.717, 1.165) is 5.69 Å². The van der Waals surface area contributed by atoms with Crippen LogP contribution in [0.25, 0.3) is 0 Å². The molecule has 2 aromatic carbocycles. The van der Waals surface area contributed by atoms with Crippen molar-refractivity contribution in [1.29, 1.82) is 0 Å². The van der Waals surface area contributed by atoms with Gasteiger partial charge in [0, 0.05) is 17.3 Å². The quantitative estimate of drug-likeness (QED) is 0.196. The molecule has 0 saturated carbocycles. The Balaban J connectivity index is 1.59. The second-order valence-corrected chi connectivity index (χ2v) is 8.45. The highest BCUT2D eigenvalue weighted by Gasteiger charge is 2.19. The average Bonchev–Trinajstić information content (AvgIpc) is 3.16. The molecule has 1 amide bonds. The number of allylic oxidation sites excluding steroid dienone is 1. The number of hydrogen-bond donors (Lipinski definition) is 2. The zero-order valence-electron chi connectivity index (χ0n) is 17.3. The zero-order chi connectivity index (χ0) is 22.9. The van der Waals surface area contributed by atoms with Crippen LogP contribution < -0.4 is 10.7 Å². The fourth-order valence-electron chi connectivity index (χ4n) is 2.62. The van der Waals surface area contributed by atoms with Crippen LogP contribution in [0.4, 0.5) is 10.1 Å². The molecular formula is C22H22ClFN6OS. The number of carbonyl (C=O) groups is 1. The highest BCUT2D eigenvalue weighted by atomic mass is 35.5. The van der Waals surface area contributed by atoms with E-state index in [9.17, 15) is 9.18 Å². The van der Waals surface area contributed by atoms with Gasteiger partial charge in [0.15, 0.2) is 11.0 Å². The number of aromatic nitrogens is 3. The topological polar surface area (TPSA) is 84.2 Å². The fraction of sp³-hybridized carbons (Fsp3) is 0.182. The van der Waals surface area contributed by atoms with Gasteiger partial charge in [0.25, 0.3) is 5.91 Å². The second kappa shape index (κ2) is 11.4. The maximum absolute atomic E-state index is 12.9. The number of carbonyl (C=O) groups excluding carboxylic acids is 1. The van der Waals surface area contributed by atoms with Gasteiger partial charge in [0.2, 0.25) is 0 Å². The first kappa shape index (κ1) is 23.5. The largest absolute Gasteiger partial charge is 0.378 e. The van der Waals surface area contributed by atoms with Crippen LogP contribution in [0.5, 0.6) is 0 Å². The van der Waals surface area contributed by atoms with E-state index in [-0.39, 0.29) is 11.7 Å². The average molecular weight is 473 g/mol. The summed E-state index contributed by atoms with van der Waals surface area (Å²) in [5, 5.41) is 16.5. The molecule has 7 nitrogen and oxygen atoms in total. The molecule has 1 aromatic heterocycles. The SMILES string of the molecule is C=CCn1c(CNc2ccc(Cl)cc2)nnc1S[C@H](C)C(=O)NN=Cc1ccc(F)cc1. The lowest BCUT2D eigenvalue weighted by molar-refractivity contribution is -0.120. The van der Waals surface area contributed by atoms with E-state index in [4.69, 9.17) is 11.6 Å². The number of benzene rings is 2. The Kier molecular flexibility index (Phi) is 8.41. The summed E-state index contributed by atoms with van der Waals surface area (Å²) in [6.45, 7) is 6.50. The fourth-order valence-corrected chi connectivity index (χ4v) is 3.62. The van der Waals surface area contributed by atoms with E-state index < -0.39 is 5.25 Å². The van der Waals surface area contributed by atoms with Gasteiger partial charge in [-0.15, -0.1) is 16.8 Å². The Labute approximate surface area is 194 Å². The summed E-state index contributed by atoms with van der Waals surface area (Å²) in [7, 11) is 0. The highest BCUT2D eigenvalue weighted by molar-refractivity contribution is 8.00. The molecule has 32 heavy (non-hydrogen) atoms. The maximum atomic E-state index is 12.9. The summed E-state index contributed by atoms with van der Waals surface area (Å²) in [6.07, 6.45) is 3.20. The van der Waals surface area contributed by atoms with Crippen molar-refractivity contribution in [3.63, 3.8) is 0 Å². The van der Waals surface area contributed by atoms with Crippen LogP contribution >= 0.6 is 23.4 Å². The number of hydrazone groups is 1. The van der Waals surface area contributed by atoms with Gasteiger partial charge in [-0.25, -0.2) is 9.82 Å². The molecule has 0 bridgehead atoms. The van der Waals surface area contributed by atoms with Gasteiger partial charge in [-0.1, -0.05) is 41.6 Å². The van der Waals surface area contributed by atoms with Crippen molar-refractivity contribution in [3.8, 4) is 0 Å². The Hall–Kier alpha value is -3.17. The number of anilines is 1. The minimum Gasteiger partial charge on any atom is -0.378 e. The smallest absolute Gasteiger partial charge is 0.253 e. The molecule has 0 aliphatic heterocycles. The third-order valence-corrected chi connectivity index (χ3v) is 5.64. The van der Waals surface area contributed by atoms with E-state index in [2.05, 4.69) is 32.6 Å². The first-order valence-electron chi connectivity index (χ1n) is 9.74. The zero-order valence-corrected chi connectivity index (χ0v) is 18.9. The van der Waals surface area contributed by atoms with E-state index in [1.807, 2.05) is 16.7 Å². The van der Waals surface area contributed by atoms with Crippen molar-refractivity contribution in [3.05, 3.63) is 83.4 Å². The molecule has 0 aliphatic rings. The van der Waals surface area contributed by atoms with Gasteiger partial charge < -0.3 is 9.88 Å². The van der Waals surface area contributed by atoms with Crippen molar-refractivity contribution >= 4 is 41.2 Å².